The van der Waals surface area contributed by atoms with Crippen molar-refractivity contribution < 1.29 is 14.0 Å². The van der Waals surface area contributed by atoms with Gasteiger partial charge in [-0.2, -0.15) is 0 Å². The fourth-order valence-electron chi connectivity index (χ4n) is 3.80. The van der Waals surface area contributed by atoms with Crippen molar-refractivity contribution in [3.63, 3.8) is 0 Å². The Morgan fingerprint density at radius 2 is 1.42 bits per heavy atom. The largest absolute Gasteiger partial charge is 0.467 e. The van der Waals surface area contributed by atoms with Gasteiger partial charge in [0.25, 0.3) is 0 Å². The van der Waals surface area contributed by atoms with E-state index in [2.05, 4.69) is 26.0 Å². The van der Waals surface area contributed by atoms with Crippen LogP contribution in [0.3, 0.4) is 0 Å². The summed E-state index contributed by atoms with van der Waals surface area (Å²) in [5.74, 6) is 0.974. The number of aryl methyl sites for hydroxylation is 1. The first-order chi connectivity index (χ1) is 16.0. The van der Waals surface area contributed by atoms with Crippen molar-refractivity contribution in [1.29, 1.82) is 0 Å². The first-order valence-electron chi connectivity index (χ1n) is 11.7. The minimum atomic E-state index is -0.0592. The second-order valence-electron chi connectivity index (χ2n) is 8.78. The summed E-state index contributed by atoms with van der Waals surface area (Å²) in [5, 5.41) is 0. The first-order valence-corrected chi connectivity index (χ1v) is 11.7. The lowest BCUT2D eigenvalue weighted by Crippen LogP contribution is -2.44. The predicted molar refractivity (Wildman–Crippen MR) is 130 cm³/mol. The zero-order valence-corrected chi connectivity index (χ0v) is 19.7. The van der Waals surface area contributed by atoms with Gasteiger partial charge in [-0.25, -0.2) is 0 Å². The molecule has 0 aliphatic carbocycles. The van der Waals surface area contributed by atoms with Gasteiger partial charge < -0.3 is 14.2 Å². The van der Waals surface area contributed by atoms with E-state index >= 15 is 0 Å². The molecule has 0 atom stereocenters. The Bertz CT molecular complexity index is 969. The Morgan fingerprint density at radius 3 is 2.00 bits per heavy atom. The summed E-state index contributed by atoms with van der Waals surface area (Å²) in [6.45, 7) is 5.74. The van der Waals surface area contributed by atoms with Gasteiger partial charge in [0.1, 0.15) is 5.76 Å². The van der Waals surface area contributed by atoms with Crippen molar-refractivity contribution in [2.75, 3.05) is 19.6 Å². The summed E-state index contributed by atoms with van der Waals surface area (Å²) in [7, 11) is 0. The van der Waals surface area contributed by atoms with Crippen LogP contribution in [-0.2, 0) is 29.0 Å². The van der Waals surface area contributed by atoms with Crippen LogP contribution in [-0.4, -0.2) is 41.2 Å². The molecule has 1 heterocycles. The SMILES string of the molecule is CC(C)CN(CC(=O)N(CCc1ccccc1)Cc1ccco1)C(=O)CCc1ccccc1. The molecule has 0 N–H and O–H groups in total. The highest BCUT2D eigenvalue weighted by molar-refractivity contribution is 5.85. The predicted octanol–water partition coefficient (Wildman–Crippen LogP) is 4.97. The van der Waals surface area contributed by atoms with Gasteiger partial charge in [0.2, 0.25) is 11.8 Å². The van der Waals surface area contributed by atoms with Crippen LogP contribution >= 0.6 is 0 Å². The smallest absolute Gasteiger partial charge is 0.242 e. The Hall–Kier alpha value is -3.34. The molecule has 0 aliphatic rings. The Kier molecular flexibility index (Phi) is 9.31. The zero-order valence-electron chi connectivity index (χ0n) is 19.7. The normalized spacial score (nSPS) is 10.9. The molecular weight excluding hydrogens is 412 g/mol. The highest BCUT2D eigenvalue weighted by Crippen LogP contribution is 2.12. The molecule has 0 unspecified atom stereocenters. The maximum atomic E-state index is 13.4. The van der Waals surface area contributed by atoms with Gasteiger partial charge in [-0.1, -0.05) is 74.5 Å². The van der Waals surface area contributed by atoms with Gasteiger partial charge in [-0.3, -0.25) is 9.59 Å². The molecule has 0 radical (unpaired) electrons. The summed E-state index contributed by atoms with van der Waals surface area (Å²) >= 11 is 0. The highest BCUT2D eigenvalue weighted by atomic mass is 16.3. The van der Waals surface area contributed by atoms with Crippen LogP contribution in [0.2, 0.25) is 0 Å². The molecule has 0 aliphatic heterocycles. The van der Waals surface area contributed by atoms with Gasteiger partial charge in [-0.05, 0) is 42.0 Å². The summed E-state index contributed by atoms with van der Waals surface area (Å²) in [6, 6.07) is 23.8. The van der Waals surface area contributed by atoms with Crippen LogP contribution in [0.25, 0.3) is 0 Å². The standard InChI is InChI=1S/C28H34N2O3/c1-23(2)20-30(27(31)16-15-24-10-5-3-6-11-24)22-28(32)29(21-26-14-9-19-33-26)18-17-25-12-7-4-8-13-25/h3-14,19,23H,15-18,20-22H2,1-2H3. The van der Waals surface area contributed by atoms with E-state index in [1.54, 1.807) is 16.1 Å². The molecular formula is C28H34N2O3. The molecule has 5 heteroatoms. The lowest BCUT2D eigenvalue weighted by molar-refractivity contribution is -0.141. The van der Waals surface area contributed by atoms with E-state index in [9.17, 15) is 9.59 Å². The van der Waals surface area contributed by atoms with E-state index in [0.717, 1.165) is 17.7 Å². The minimum absolute atomic E-state index is 0.0157. The molecule has 3 aromatic rings. The zero-order chi connectivity index (χ0) is 23.5. The molecule has 33 heavy (non-hydrogen) atoms. The summed E-state index contributed by atoms with van der Waals surface area (Å²) < 4.78 is 5.50. The molecule has 0 bridgehead atoms. The van der Waals surface area contributed by atoms with Gasteiger partial charge in [0.05, 0.1) is 19.4 Å². The molecule has 0 spiro atoms. The number of furan rings is 1. The fraction of sp³-hybridized carbons (Fsp3) is 0.357. The minimum Gasteiger partial charge on any atom is -0.467 e. The van der Waals surface area contributed by atoms with E-state index in [1.165, 1.54) is 5.56 Å². The maximum Gasteiger partial charge on any atom is 0.242 e. The maximum absolute atomic E-state index is 13.4. The Labute approximate surface area is 197 Å². The van der Waals surface area contributed by atoms with E-state index < -0.39 is 0 Å². The summed E-state index contributed by atoms with van der Waals surface area (Å²) in [4.78, 5) is 29.9. The Balaban J connectivity index is 1.66. The number of rotatable bonds is 12. The number of benzene rings is 2. The molecule has 174 valence electrons. The number of nitrogens with zero attached hydrogens (tertiary/aromatic N) is 2. The van der Waals surface area contributed by atoms with Crippen molar-refractivity contribution in [3.05, 3.63) is 95.9 Å². The topological polar surface area (TPSA) is 53.8 Å². The monoisotopic (exact) mass is 446 g/mol. The quantitative estimate of drug-likeness (QED) is 0.395. The van der Waals surface area contributed by atoms with E-state index in [-0.39, 0.29) is 24.3 Å². The average Bonchev–Trinajstić information content (AvgIpc) is 3.34. The number of hydrogen-bond donors (Lipinski definition) is 0. The first kappa shape index (κ1) is 24.3. The number of carbonyl (C=O) groups excluding carboxylic acids is 2. The number of hydrogen-bond acceptors (Lipinski definition) is 3. The summed E-state index contributed by atoms with van der Waals surface area (Å²) in [5.41, 5.74) is 2.30. The van der Waals surface area contributed by atoms with Crippen molar-refractivity contribution in [3.8, 4) is 0 Å². The molecule has 0 saturated carbocycles. The number of amides is 2. The van der Waals surface area contributed by atoms with Crippen LogP contribution < -0.4 is 0 Å². The average molecular weight is 447 g/mol. The van der Waals surface area contributed by atoms with Crippen molar-refractivity contribution in [2.45, 2.75) is 39.7 Å². The van der Waals surface area contributed by atoms with E-state index in [4.69, 9.17) is 4.42 Å². The fourth-order valence-corrected chi connectivity index (χ4v) is 3.80. The molecule has 0 fully saturated rings. The molecule has 1 aromatic heterocycles. The molecule has 5 nitrogen and oxygen atoms in total. The molecule has 0 saturated heterocycles. The number of carbonyl (C=O) groups is 2. The van der Waals surface area contributed by atoms with Gasteiger partial charge in [0, 0.05) is 19.5 Å². The lowest BCUT2D eigenvalue weighted by Gasteiger charge is -2.28. The highest BCUT2D eigenvalue weighted by Gasteiger charge is 2.22. The molecule has 2 amide bonds. The third-order valence-electron chi connectivity index (χ3n) is 5.53. The van der Waals surface area contributed by atoms with Crippen LogP contribution in [0, 0.1) is 5.92 Å². The second-order valence-corrected chi connectivity index (χ2v) is 8.78. The van der Waals surface area contributed by atoms with Crippen LogP contribution in [0.15, 0.2) is 83.5 Å². The van der Waals surface area contributed by atoms with E-state index in [1.807, 2.05) is 60.7 Å². The van der Waals surface area contributed by atoms with Crippen molar-refractivity contribution >= 4 is 11.8 Å². The Morgan fingerprint density at radius 1 is 0.788 bits per heavy atom. The van der Waals surface area contributed by atoms with Crippen molar-refractivity contribution in [1.82, 2.24) is 9.80 Å². The van der Waals surface area contributed by atoms with Gasteiger partial charge >= 0.3 is 0 Å². The van der Waals surface area contributed by atoms with E-state index in [0.29, 0.717) is 32.5 Å². The molecule has 3 rings (SSSR count). The van der Waals surface area contributed by atoms with Crippen LogP contribution in [0.5, 0.6) is 0 Å². The third-order valence-corrected chi connectivity index (χ3v) is 5.53. The van der Waals surface area contributed by atoms with Crippen LogP contribution in [0.4, 0.5) is 0 Å². The summed E-state index contributed by atoms with van der Waals surface area (Å²) in [6.07, 6.45) is 3.44. The lowest BCUT2D eigenvalue weighted by atomic mass is 10.1. The third kappa shape index (κ3) is 8.26. The van der Waals surface area contributed by atoms with Gasteiger partial charge in [0.15, 0.2) is 0 Å². The van der Waals surface area contributed by atoms with Gasteiger partial charge in [-0.15, -0.1) is 0 Å². The van der Waals surface area contributed by atoms with Crippen LogP contribution in [0.1, 0.15) is 37.2 Å². The second kappa shape index (κ2) is 12.6. The van der Waals surface area contributed by atoms with Crippen molar-refractivity contribution in [2.24, 2.45) is 5.92 Å². The molecule has 2 aromatic carbocycles.